The summed E-state index contributed by atoms with van der Waals surface area (Å²) in [6, 6.07) is 0. The Bertz CT molecular complexity index is 462. The Hall–Kier alpha value is -1.83. The molecule has 112 valence electrons. The van der Waals surface area contributed by atoms with Crippen molar-refractivity contribution in [3.05, 3.63) is 5.56 Å². The fraction of sp³-hybridized carbons (Fsp3) is 0.583. The molecule has 8 heteroatoms. The highest BCUT2D eigenvalue weighted by molar-refractivity contribution is 7.11. The van der Waals surface area contributed by atoms with Gasteiger partial charge in [0.2, 0.25) is 5.91 Å². The molecule has 0 aliphatic heterocycles. The first kappa shape index (κ1) is 16.2. The Labute approximate surface area is 122 Å². The van der Waals surface area contributed by atoms with E-state index >= 15 is 0 Å². The zero-order valence-corrected chi connectivity index (χ0v) is 12.5. The van der Waals surface area contributed by atoms with E-state index in [4.69, 9.17) is 10.5 Å². The summed E-state index contributed by atoms with van der Waals surface area (Å²) in [6.07, 6.45) is 1.22. The van der Waals surface area contributed by atoms with Crippen LogP contribution in [0.1, 0.15) is 37.0 Å². The molecule has 4 N–H and O–H groups in total. The third kappa shape index (κ3) is 4.69. The molecule has 1 aromatic rings. The second-order valence-corrected chi connectivity index (χ2v) is 4.79. The molecule has 0 aromatic carbocycles. The van der Waals surface area contributed by atoms with Gasteiger partial charge in [-0.2, -0.15) is 4.37 Å². The quantitative estimate of drug-likeness (QED) is 0.623. The van der Waals surface area contributed by atoms with Gasteiger partial charge < -0.3 is 21.1 Å². The van der Waals surface area contributed by atoms with Crippen molar-refractivity contribution in [1.29, 1.82) is 0 Å². The molecule has 1 aromatic heterocycles. The highest BCUT2D eigenvalue weighted by Gasteiger charge is 2.20. The predicted molar refractivity (Wildman–Crippen MR) is 78.9 cm³/mol. The lowest BCUT2D eigenvalue weighted by Gasteiger charge is -2.07. The van der Waals surface area contributed by atoms with Crippen molar-refractivity contribution in [3.8, 4) is 0 Å². The van der Waals surface area contributed by atoms with E-state index < -0.39 is 5.97 Å². The molecule has 0 fully saturated rings. The van der Waals surface area contributed by atoms with Crippen LogP contribution < -0.4 is 16.4 Å². The van der Waals surface area contributed by atoms with Crippen LogP contribution in [0.5, 0.6) is 0 Å². The van der Waals surface area contributed by atoms with Crippen LogP contribution in [0.15, 0.2) is 0 Å². The lowest BCUT2D eigenvalue weighted by atomic mass is 10.3. The largest absolute Gasteiger partial charge is 0.462 e. The number of nitrogens with one attached hydrogen (secondary N) is 2. The Morgan fingerprint density at radius 2 is 2.10 bits per heavy atom. The summed E-state index contributed by atoms with van der Waals surface area (Å²) >= 11 is 1.08. The normalized spacial score (nSPS) is 10.1. The summed E-state index contributed by atoms with van der Waals surface area (Å²) in [5.41, 5.74) is 5.89. The van der Waals surface area contributed by atoms with Gasteiger partial charge in [0.15, 0.2) is 5.82 Å². The number of esters is 1. The average molecular weight is 300 g/mol. The fourth-order valence-corrected chi connectivity index (χ4v) is 2.19. The standard InChI is InChI=1S/C12H20N4O3S/c1-3-6-14-8(17)5-7-15-11-9(10(13)16-20-11)12(18)19-4-2/h15H,3-7H2,1-2H3,(H2,13,16)(H,14,17). The van der Waals surface area contributed by atoms with E-state index in [2.05, 4.69) is 15.0 Å². The third-order valence-electron chi connectivity index (χ3n) is 2.41. The van der Waals surface area contributed by atoms with Crippen LogP contribution in [0.2, 0.25) is 0 Å². The van der Waals surface area contributed by atoms with Gasteiger partial charge in [-0.05, 0) is 24.9 Å². The van der Waals surface area contributed by atoms with E-state index in [0.29, 0.717) is 24.5 Å². The van der Waals surface area contributed by atoms with Crippen molar-refractivity contribution in [2.75, 3.05) is 30.7 Å². The first-order valence-corrected chi connectivity index (χ1v) is 7.30. The molecule has 0 bridgehead atoms. The molecule has 0 atom stereocenters. The number of carbonyl (C=O) groups is 2. The number of amides is 1. The molecule has 0 aliphatic carbocycles. The van der Waals surface area contributed by atoms with Crippen LogP contribution in [0.3, 0.4) is 0 Å². The van der Waals surface area contributed by atoms with Crippen LogP contribution in [0.4, 0.5) is 10.8 Å². The lowest BCUT2D eigenvalue weighted by molar-refractivity contribution is -0.120. The van der Waals surface area contributed by atoms with Crippen LogP contribution in [0.25, 0.3) is 0 Å². The Morgan fingerprint density at radius 1 is 1.35 bits per heavy atom. The topological polar surface area (TPSA) is 106 Å². The minimum absolute atomic E-state index is 0.0329. The Balaban J connectivity index is 2.52. The van der Waals surface area contributed by atoms with Crippen molar-refractivity contribution in [3.63, 3.8) is 0 Å². The second-order valence-electron chi connectivity index (χ2n) is 4.02. The van der Waals surface area contributed by atoms with Crippen molar-refractivity contribution in [2.45, 2.75) is 26.7 Å². The van der Waals surface area contributed by atoms with Crippen molar-refractivity contribution < 1.29 is 14.3 Å². The molecule has 0 radical (unpaired) electrons. The van der Waals surface area contributed by atoms with Gasteiger partial charge in [-0.15, -0.1) is 0 Å². The van der Waals surface area contributed by atoms with Gasteiger partial charge in [0, 0.05) is 19.5 Å². The van der Waals surface area contributed by atoms with E-state index in [9.17, 15) is 9.59 Å². The Morgan fingerprint density at radius 3 is 2.75 bits per heavy atom. The molecule has 0 aliphatic rings. The maximum Gasteiger partial charge on any atom is 0.344 e. The molecular weight excluding hydrogens is 280 g/mol. The molecule has 0 saturated heterocycles. The Kier molecular flexibility index (Phi) is 6.78. The SMILES string of the molecule is CCCNC(=O)CCNc1snc(N)c1C(=O)OCC. The van der Waals surface area contributed by atoms with Gasteiger partial charge in [-0.1, -0.05) is 6.92 Å². The molecule has 0 saturated carbocycles. The first-order valence-electron chi connectivity index (χ1n) is 6.52. The lowest BCUT2D eigenvalue weighted by Crippen LogP contribution is -2.26. The molecule has 1 rings (SSSR count). The summed E-state index contributed by atoms with van der Waals surface area (Å²) in [5.74, 6) is -0.391. The van der Waals surface area contributed by atoms with Gasteiger partial charge in [-0.25, -0.2) is 4.79 Å². The van der Waals surface area contributed by atoms with E-state index in [1.807, 2.05) is 6.92 Å². The van der Waals surface area contributed by atoms with Crippen molar-refractivity contribution in [2.24, 2.45) is 0 Å². The summed E-state index contributed by atoms with van der Waals surface area (Å²) in [4.78, 5) is 23.2. The summed E-state index contributed by atoms with van der Waals surface area (Å²) in [7, 11) is 0. The van der Waals surface area contributed by atoms with E-state index in [1.54, 1.807) is 6.92 Å². The number of rotatable bonds is 8. The maximum atomic E-state index is 11.7. The number of anilines is 2. The zero-order valence-electron chi connectivity index (χ0n) is 11.7. The number of aromatic nitrogens is 1. The minimum Gasteiger partial charge on any atom is -0.462 e. The van der Waals surface area contributed by atoms with Crippen molar-refractivity contribution >= 4 is 34.2 Å². The number of hydrogen-bond acceptors (Lipinski definition) is 7. The number of nitrogen functional groups attached to an aromatic ring is 1. The van der Waals surface area contributed by atoms with Crippen molar-refractivity contribution in [1.82, 2.24) is 9.69 Å². The van der Waals surface area contributed by atoms with Gasteiger partial charge in [0.25, 0.3) is 0 Å². The van der Waals surface area contributed by atoms with E-state index in [-0.39, 0.29) is 23.9 Å². The average Bonchev–Trinajstić information content (AvgIpc) is 2.78. The van der Waals surface area contributed by atoms with Crippen LogP contribution in [-0.4, -0.2) is 35.9 Å². The minimum atomic E-state index is -0.503. The molecule has 1 amide bonds. The number of ether oxygens (including phenoxy) is 1. The van der Waals surface area contributed by atoms with Gasteiger partial charge in [0.1, 0.15) is 10.6 Å². The molecule has 0 spiro atoms. The van der Waals surface area contributed by atoms with E-state index in [0.717, 1.165) is 18.0 Å². The number of carbonyl (C=O) groups excluding carboxylic acids is 2. The molecule has 0 unspecified atom stereocenters. The summed E-state index contributed by atoms with van der Waals surface area (Å²) in [5, 5.41) is 6.30. The van der Waals surface area contributed by atoms with Gasteiger partial charge in [-0.3, -0.25) is 4.79 Å². The van der Waals surface area contributed by atoms with Gasteiger partial charge in [0.05, 0.1) is 6.61 Å². The predicted octanol–water partition coefficient (Wildman–Crippen LogP) is 1.23. The third-order valence-corrected chi connectivity index (χ3v) is 3.23. The summed E-state index contributed by atoms with van der Waals surface area (Å²) in [6.45, 7) is 5.06. The maximum absolute atomic E-state index is 11.7. The molecule has 20 heavy (non-hydrogen) atoms. The van der Waals surface area contributed by atoms with Crippen LogP contribution in [0, 0.1) is 0 Å². The van der Waals surface area contributed by atoms with E-state index in [1.165, 1.54) is 0 Å². The number of nitrogens with two attached hydrogens (primary N) is 1. The van der Waals surface area contributed by atoms with Crippen LogP contribution >= 0.6 is 11.5 Å². The van der Waals surface area contributed by atoms with Gasteiger partial charge >= 0.3 is 5.97 Å². The van der Waals surface area contributed by atoms with Crippen LogP contribution in [-0.2, 0) is 9.53 Å². The molecule has 7 nitrogen and oxygen atoms in total. The summed E-state index contributed by atoms with van der Waals surface area (Å²) < 4.78 is 8.84. The zero-order chi connectivity index (χ0) is 15.0. The highest BCUT2D eigenvalue weighted by Crippen LogP contribution is 2.27. The number of hydrogen-bond donors (Lipinski definition) is 3. The number of nitrogens with zero attached hydrogens (tertiary/aromatic N) is 1. The molecule has 1 heterocycles. The molecular formula is C12H20N4O3S. The second kappa shape index (κ2) is 8.36. The fourth-order valence-electron chi connectivity index (χ4n) is 1.47. The smallest absolute Gasteiger partial charge is 0.344 e. The highest BCUT2D eigenvalue weighted by atomic mass is 32.1. The monoisotopic (exact) mass is 300 g/mol. The first-order chi connectivity index (χ1) is 9.60.